The van der Waals surface area contributed by atoms with E-state index in [1.165, 1.54) is 12.1 Å². The van der Waals surface area contributed by atoms with Gasteiger partial charge in [0.2, 0.25) is 0 Å². The van der Waals surface area contributed by atoms with Crippen molar-refractivity contribution in [3.63, 3.8) is 0 Å². The number of nitrogens with two attached hydrogens (primary N) is 1. The standard InChI is InChI=1S/C18H23F3N4/c1-17(12-22)6-7-24(13-17)9-15-8-23-25(11-15)10-14-2-4-16(5-3-14)18(19,20)21/h2-5,8,11H,6-7,9-10,12-13,22H2,1H3. The average Bonchev–Trinajstić information content (AvgIpc) is 3.15. The molecule has 0 spiro atoms. The summed E-state index contributed by atoms with van der Waals surface area (Å²) in [4.78, 5) is 2.37. The molecule has 4 nitrogen and oxygen atoms in total. The molecule has 7 heteroatoms. The van der Waals surface area contributed by atoms with Gasteiger partial charge in [0.15, 0.2) is 0 Å². The Hall–Kier alpha value is -1.86. The van der Waals surface area contributed by atoms with E-state index in [1.54, 1.807) is 4.68 Å². The normalized spacial score (nSPS) is 21.8. The molecule has 0 aliphatic carbocycles. The molecular weight excluding hydrogens is 329 g/mol. The molecule has 1 fully saturated rings. The van der Waals surface area contributed by atoms with Gasteiger partial charge in [-0.05, 0) is 42.6 Å². The lowest BCUT2D eigenvalue weighted by molar-refractivity contribution is -0.137. The van der Waals surface area contributed by atoms with E-state index in [0.29, 0.717) is 13.1 Å². The summed E-state index contributed by atoms with van der Waals surface area (Å²) in [6, 6.07) is 5.21. The molecule has 1 atom stereocenters. The van der Waals surface area contributed by atoms with Gasteiger partial charge in [-0.3, -0.25) is 9.58 Å². The highest BCUT2D eigenvalue weighted by molar-refractivity contribution is 5.24. The van der Waals surface area contributed by atoms with E-state index in [2.05, 4.69) is 16.9 Å². The number of alkyl halides is 3. The molecule has 2 N–H and O–H groups in total. The van der Waals surface area contributed by atoms with Crippen molar-refractivity contribution >= 4 is 0 Å². The lowest BCUT2D eigenvalue weighted by Gasteiger charge is -2.22. The minimum Gasteiger partial charge on any atom is -0.330 e. The van der Waals surface area contributed by atoms with Crippen LogP contribution in [0.4, 0.5) is 13.2 Å². The summed E-state index contributed by atoms with van der Waals surface area (Å²) in [5, 5.41) is 4.32. The smallest absolute Gasteiger partial charge is 0.330 e. The number of rotatable bonds is 5. The van der Waals surface area contributed by atoms with Gasteiger partial charge < -0.3 is 5.73 Å². The predicted molar refractivity (Wildman–Crippen MR) is 89.8 cm³/mol. The van der Waals surface area contributed by atoms with Gasteiger partial charge in [-0.25, -0.2) is 0 Å². The Kier molecular flexibility index (Phi) is 4.88. The quantitative estimate of drug-likeness (QED) is 0.899. The number of hydrogen-bond donors (Lipinski definition) is 1. The molecule has 1 saturated heterocycles. The van der Waals surface area contributed by atoms with Crippen molar-refractivity contribution in [3.05, 3.63) is 53.3 Å². The van der Waals surface area contributed by atoms with E-state index in [0.717, 1.165) is 49.3 Å². The summed E-state index contributed by atoms with van der Waals surface area (Å²) in [5.74, 6) is 0. The minimum absolute atomic E-state index is 0.191. The highest BCUT2D eigenvalue weighted by Crippen LogP contribution is 2.30. The molecule has 25 heavy (non-hydrogen) atoms. The van der Waals surface area contributed by atoms with Gasteiger partial charge in [0.1, 0.15) is 0 Å². The van der Waals surface area contributed by atoms with Crippen LogP contribution in [-0.2, 0) is 19.3 Å². The largest absolute Gasteiger partial charge is 0.416 e. The van der Waals surface area contributed by atoms with Crippen LogP contribution in [0.25, 0.3) is 0 Å². The average molecular weight is 352 g/mol. The monoisotopic (exact) mass is 352 g/mol. The van der Waals surface area contributed by atoms with Crippen molar-refractivity contribution in [2.45, 2.75) is 32.6 Å². The van der Waals surface area contributed by atoms with Crippen molar-refractivity contribution in [2.24, 2.45) is 11.1 Å². The SMILES string of the molecule is CC1(CN)CCN(Cc2cnn(Cc3ccc(C(F)(F)F)cc3)c2)C1. The molecule has 0 saturated carbocycles. The van der Waals surface area contributed by atoms with E-state index in [9.17, 15) is 13.2 Å². The fourth-order valence-corrected chi connectivity index (χ4v) is 3.25. The maximum atomic E-state index is 12.6. The summed E-state index contributed by atoms with van der Waals surface area (Å²) in [6.45, 7) is 6.18. The predicted octanol–water partition coefficient (Wildman–Crippen LogP) is 3.12. The summed E-state index contributed by atoms with van der Waals surface area (Å²) in [6.07, 6.45) is 0.576. The molecule has 136 valence electrons. The fourth-order valence-electron chi connectivity index (χ4n) is 3.25. The highest BCUT2D eigenvalue weighted by atomic mass is 19.4. The number of aromatic nitrogens is 2. The number of halogens is 3. The van der Waals surface area contributed by atoms with Gasteiger partial charge in [-0.15, -0.1) is 0 Å². The second-order valence-corrected chi connectivity index (χ2v) is 7.22. The van der Waals surface area contributed by atoms with Gasteiger partial charge in [-0.2, -0.15) is 18.3 Å². The van der Waals surface area contributed by atoms with Crippen LogP contribution in [0.15, 0.2) is 36.7 Å². The molecule has 1 aliphatic heterocycles. The Morgan fingerprint density at radius 2 is 1.88 bits per heavy atom. The Bertz CT molecular complexity index is 708. The van der Waals surface area contributed by atoms with Gasteiger partial charge in [-0.1, -0.05) is 19.1 Å². The van der Waals surface area contributed by atoms with Crippen molar-refractivity contribution in [1.82, 2.24) is 14.7 Å². The molecule has 0 bridgehead atoms. The van der Waals surface area contributed by atoms with Gasteiger partial charge >= 0.3 is 6.18 Å². The van der Waals surface area contributed by atoms with Crippen LogP contribution < -0.4 is 5.73 Å². The molecule has 2 heterocycles. The number of hydrogen-bond acceptors (Lipinski definition) is 3. The second kappa shape index (κ2) is 6.80. The van der Waals surface area contributed by atoms with E-state index >= 15 is 0 Å². The first-order valence-corrected chi connectivity index (χ1v) is 8.37. The third-order valence-corrected chi connectivity index (χ3v) is 4.85. The molecule has 2 aromatic rings. The zero-order valence-corrected chi connectivity index (χ0v) is 14.3. The Labute approximate surface area is 145 Å². The summed E-state index contributed by atoms with van der Waals surface area (Å²) < 4.78 is 39.5. The zero-order valence-electron chi connectivity index (χ0n) is 14.3. The van der Waals surface area contributed by atoms with Crippen LogP contribution in [0.3, 0.4) is 0 Å². The van der Waals surface area contributed by atoms with Crippen LogP contribution in [0.2, 0.25) is 0 Å². The molecule has 1 unspecified atom stereocenters. The summed E-state index contributed by atoms with van der Waals surface area (Å²) >= 11 is 0. The van der Waals surface area contributed by atoms with Gasteiger partial charge in [0.05, 0.1) is 18.3 Å². The van der Waals surface area contributed by atoms with Crippen LogP contribution in [0.5, 0.6) is 0 Å². The van der Waals surface area contributed by atoms with Gasteiger partial charge in [0.25, 0.3) is 0 Å². The lowest BCUT2D eigenvalue weighted by Crippen LogP contribution is -2.31. The highest BCUT2D eigenvalue weighted by Gasteiger charge is 2.32. The maximum absolute atomic E-state index is 12.6. The Morgan fingerprint density at radius 1 is 1.16 bits per heavy atom. The van der Waals surface area contributed by atoms with E-state index < -0.39 is 11.7 Å². The van der Waals surface area contributed by atoms with Crippen molar-refractivity contribution in [1.29, 1.82) is 0 Å². The van der Waals surface area contributed by atoms with Crippen LogP contribution in [0, 0.1) is 5.41 Å². The number of nitrogens with zero attached hydrogens (tertiary/aromatic N) is 3. The van der Waals surface area contributed by atoms with E-state index in [-0.39, 0.29) is 5.41 Å². The molecular formula is C18H23F3N4. The third kappa shape index (κ3) is 4.41. The zero-order chi connectivity index (χ0) is 18.1. The van der Waals surface area contributed by atoms with Crippen LogP contribution in [0.1, 0.15) is 30.0 Å². The van der Waals surface area contributed by atoms with Crippen molar-refractivity contribution in [3.8, 4) is 0 Å². The number of benzene rings is 1. The molecule has 3 rings (SSSR count). The first-order chi connectivity index (χ1) is 11.8. The van der Waals surface area contributed by atoms with E-state index in [4.69, 9.17) is 5.73 Å². The summed E-state index contributed by atoms with van der Waals surface area (Å²) in [5.41, 5.74) is 7.29. The minimum atomic E-state index is -4.30. The molecule has 1 aliphatic rings. The Balaban J connectivity index is 1.59. The first-order valence-electron chi connectivity index (χ1n) is 8.37. The molecule has 0 amide bonds. The first kappa shape index (κ1) is 17.9. The van der Waals surface area contributed by atoms with Gasteiger partial charge in [0, 0.05) is 24.8 Å². The molecule has 1 aromatic heterocycles. The topological polar surface area (TPSA) is 47.1 Å². The second-order valence-electron chi connectivity index (χ2n) is 7.22. The van der Waals surface area contributed by atoms with E-state index in [1.807, 2.05) is 12.4 Å². The summed E-state index contributed by atoms with van der Waals surface area (Å²) in [7, 11) is 0. The Morgan fingerprint density at radius 3 is 2.48 bits per heavy atom. The van der Waals surface area contributed by atoms with Crippen LogP contribution in [-0.4, -0.2) is 34.3 Å². The number of likely N-dealkylation sites (tertiary alicyclic amines) is 1. The molecule has 0 radical (unpaired) electrons. The third-order valence-electron chi connectivity index (χ3n) is 4.85. The molecule has 1 aromatic carbocycles. The van der Waals surface area contributed by atoms with Crippen molar-refractivity contribution < 1.29 is 13.2 Å². The van der Waals surface area contributed by atoms with Crippen LogP contribution >= 0.6 is 0 Å². The van der Waals surface area contributed by atoms with Crippen molar-refractivity contribution in [2.75, 3.05) is 19.6 Å². The maximum Gasteiger partial charge on any atom is 0.416 e. The lowest BCUT2D eigenvalue weighted by atomic mass is 9.90. The fraction of sp³-hybridized carbons (Fsp3) is 0.500.